The Morgan fingerprint density at radius 3 is 1.42 bits per heavy atom. The van der Waals surface area contributed by atoms with Crippen LogP contribution in [0.15, 0.2) is 58.3 Å². The summed E-state index contributed by atoms with van der Waals surface area (Å²) in [5.74, 6) is 0. The van der Waals surface area contributed by atoms with Gasteiger partial charge in [-0.25, -0.2) is 0 Å². The minimum Gasteiger partial charge on any atom is -0.359 e. The second-order valence-corrected chi connectivity index (χ2v) is 9.96. The average molecular weight is 355 g/mol. The molecule has 0 aromatic heterocycles. The van der Waals surface area contributed by atoms with Crippen LogP contribution < -0.4 is 9.80 Å². The molecule has 0 amide bonds. The molecule has 2 heterocycles. The van der Waals surface area contributed by atoms with E-state index in [1.807, 2.05) is 0 Å². The first kappa shape index (κ1) is 15.0. The molecular weight excluding hydrogens is 332 g/mol. The van der Waals surface area contributed by atoms with E-state index in [0.717, 1.165) is 0 Å². The molecule has 0 atom stereocenters. The van der Waals surface area contributed by atoms with Crippen LogP contribution in [0.5, 0.6) is 0 Å². The molecule has 2 nitrogen and oxygen atoms in total. The highest BCUT2D eigenvalue weighted by atomic mass is 32.2. The van der Waals surface area contributed by atoms with Crippen molar-refractivity contribution in [1.82, 2.24) is 0 Å². The quantitative estimate of drug-likeness (QED) is 0.621. The molecule has 1 fully saturated rings. The number of fused-ring (bicyclic) bond motifs is 2. The van der Waals surface area contributed by atoms with Gasteiger partial charge >= 0.3 is 0 Å². The number of thioether (sulfide) groups is 2. The number of rotatable bonds is 0. The highest BCUT2D eigenvalue weighted by Crippen LogP contribution is 2.62. The van der Waals surface area contributed by atoms with Crippen LogP contribution in [-0.2, 0) is 0 Å². The minimum absolute atomic E-state index is 0.255. The fourth-order valence-corrected chi connectivity index (χ4v) is 7.55. The van der Waals surface area contributed by atoms with Gasteiger partial charge in [0.25, 0.3) is 0 Å². The highest BCUT2D eigenvalue weighted by molar-refractivity contribution is 8.01. The largest absolute Gasteiger partial charge is 0.359 e. The van der Waals surface area contributed by atoms with Crippen molar-refractivity contribution in [2.24, 2.45) is 0 Å². The topological polar surface area (TPSA) is 6.48 Å². The number of hydrogen-bond acceptors (Lipinski definition) is 4. The van der Waals surface area contributed by atoms with E-state index in [0.29, 0.717) is 0 Å². The Morgan fingerprint density at radius 1 is 0.667 bits per heavy atom. The van der Waals surface area contributed by atoms with Gasteiger partial charge in [-0.3, -0.25) is 0 Å². The lowest BCUT2D eigenvalue weighted by molar-refractivity contribution is 0.331. The zero-order chi connectivity index (χ0) is 16.4. The third-order valence-corrected chi connectivity index (χ3v) is 9.34. The van der Waals surface area contributed by atoms with E-state index in [2.05, 4.69) is 95.9 Å². The summed E-state index contributed by atoms with van der Waals surface area (Å²) in [5.41, 5.74) is 2.82. The number of hydrogen-bond donors (Lipinski definition) is 0. The van der Waals surface area contributed by atoms with Crippen LogP contribution in [0, 0.1) is 0 Å². The van der Waals surface area contributed by atoms with Gasteiger partial charge in [0.15, 0.2) is 0 Å². The van der Waals surface area contributed by atoms with Crippen molar-refractivity contribution in [1.29, 1.82) is 0 Å². The van der Waals surface area contributed by atoms with Crippen LogP contribution in [0.25, 0.3) is 0 Å². The maximum atomic E-state index is 2.55. The van der Waals surface area contributed by atoms with E-state index in [1.54, 1.807) is 0 Å². The van der Waals surface area contributed by atoms with E-state index < -0.39 is 0 Å². The number of para-hydroxylation sites is 2. The van der Waals surface area contributed by atoms with Gasteiger partial charge in [-0.1, -0.05) is 47.8 Å². The lowest BCUT2D eigenvalue weighted by Crippen LogP contribution is -2.52. The number of nitrogens with zero attached hydrogens (tertiary/aromatic N) is 2. The fraction of sp³-hybridized carbons (Fsp3) is 0.400. The van der Waals surface area contributed by atoms with E-state index in [1.165, 1.54) is 46.8 Å². The van der Waals surface area contributed by atoms with E-state index in [-0.39, 0.29) is 9.74 Å². The lowest BCUT2D eigenvalue weighted by Gasteiger charge is -2.48. The molecule has 0 bridgehead atoms. The smallest absolute Gasteiger partial charge is 0.0906 e. The van der Waals surface area contributed by atoms with Crippen molar-refractivity contribution in [2.45, 2.75) is 45.2 Å². The first-order chi connectivity index (χ1) is 11.6. The Kier molecular flexibility index (Phi) is 3.21. The zero-order valence-corrected chi connectivity index (χ0v) is 15.8. The predicted octanol–water partition coefficient (Wildman–Crippen LogP) is 5.44. The van der Waals surface area contributed by atoms with Gasteiger partial charge in [0.1, 0.15) is 0 Å². The van der Waals surface area contributed by atoms with Crippen molar-refractivity contribution in [3.05, 3.63) is 48.5 Å². The molecule has 0 N–H and O–H groups in total. The van der Waals surface area contributed by atoms with Crippen molar-refractivity contribution in [3.63, 3.8) is 0 Å². The third-order valence-electron chi connectivity index (χ3n) is 6.09. The Balaban J connectivity index is 1.42. The fourth-order valence-electron chi connectivity index (χ4n) is 4.53. The average Bonchev–Trinajstić information content (AvgIpc) is 3.05. The molecule has 124 valence electrons. The highest BCUT2D eigenvalue weighted by Gasteiger charge is 2.53. The van der Waals surface area contributed by atoms with Crippen molar-refractivity contribution < 1.29 is 0 Å². The van der Waals surface area contributed by atoms with Crippen LogP contribution in [-0.4, -0.2) is 23.8 Å². The normalized spacial score (nSPS) is 30.9. The minimum atomic E-state index is 0.255. The molecule has 3 aliphatic rings. The van der Waals surface area contributed by atoms with Crippen LogP contribution in [0.1, 0.15) is 25.7 Å². The first-order valence-electron chi connectivity index (χ1n) is 8.67. The van der Waals surface area contributed by atoms with Crippen LogP contribution >= 0.6 is 23.5 Å². The van der Waals surface area contributed by atoms with Gasteiger partial charge in [-0.05, 0) is 49.9 Å². The summed E-state index contributed by atoms with van der Waals surface area (Å²) in [5, 5.41) is 0. The second-order valence-electron chi connectivity index (χ2n) is 7.15. The molecule has 4 heteroatoms. The maximum absolute atomic E-state index is 2.55. The molecular formula is C20H22N2S2. The van der Waals surface area contributed by atoms with Gasteiger partial charge in [0, 0.05) is 23.9 Å². The Labute approximate surface area is 152 Å². The molecule has 5 rings (SSSR count). The van der Waals surface area contributed by atoms with Crippen molar-refractivity contribution in [3.8, 4) is 0 Å². The standard InChI is InChI=1S/C20H22N2S2/c1-21-15-7-3-5-9-17(15)23-19(21)11-13-20(14-12-19)22(2)16-8-4-6-10-18(16)24-20/h3-10H,11-14H2,1-2H3. The van der Waals surface area contributed by atoms with Gasteiger partial charge in [0.2, 0.25) is 0 Å². The molecule has 2 spiro atoms. The van der Waals surface area contributed by atoms with Crippen molar-refractivity contribution in [2.75, 3.05) is 23.9 Å². The molecule has 2 aliphatic heterocycles. The Hall–Kier alpha value is -1.26. The summed E-state index contributed by atoms with van der Waals surface area (Å²) in [4.78, 5) is 8.51. The monoisotopic (exact) mass is 354 g/mol. The van der Waals surface area contributed by atoms with Gasteiger partial charge in [0.05, 0.1) is 21.1 Å². The second kappa shape index (κ2) is 5.12. The van der Waals surface area contributed by atoms with Crippen LogP contribution in [0.2, 0.25) is 0 Å². The molecule has 2 aromatic carbocycles. The maximum Gasteiger partial charge on any atom is 0.0906 e. The zero-order valence-electron chi connectivity index (χ0n) is 14.2. The van der Waals surface area contributed by atoms with E-state index >= 15 is 0 Å². The summed E-state index contributed by atoms with van der Waals surface area (Å²) in [6.45, 7) is 0. The summed E-state index contributed by atoms with van der Waals surface area (Å²) < 4.78 is 0. The van der Waals surface area contributed by atoms with Gasteiger partial charge in [-0.15, -0.1) is 0 Å². The molecule has 0 radical (unpaired) electrons. The summed E-state index contributed by atoms with van der Waals surface area (Å²) in [6, 6.07) is 17.8. The molecule has 0 unspecified atom stereocenters. The lowest BCUT2D eigenvalue weighted by atomic mass is 9.88. The first-order valence-corrected chi connectivity index (χ1v) is 10.3. The molecule has 24 heavy (non-hydrogen) atoms. The molecule has 1 saturated carbocycles. The SMILES string of the molecule is CN1c2ccccc2SC12CCC1(CC2)Sc2ccccc2N1C. The molecule has 2 aromatic rings. The Bertz CT molecular complexity index is 728. The molecule has 1 aliphatic carbocycles. The third kappa shape index (κ3) is 1.93. The molecule has 0 saturated heterocycles. The van der Waals surface area contributed by atoms with Crippen LogP contribution in [0.4, 0.5) is 11.4 Å². The van der Waals surface area contributed by atoms with Gasteiger partial charge < -0.3 is 9.80 Å². The van der Waals surface area contributed by atoms with Crippen LogP contribution in [0.3, 0.4) is 0 Å². The van der Waals surface area contributed by atoms with E-state index in [4.69, 9.17) is 0 Å². The summed E-state index contributed by atoms with van der Waals surface area (Å²) in [7, 11) is 4.58. The number of benzene rings is 2. The van der Waals surface area contributed by atoms with Gasteiger partial charge in [-0.2, -0.15) is 0 Å². The predicted molar refractivity (Wildman–Crippen MR) is 105 cm³/mol. The van der Waals surface area contributed by atoms with Crippen molar-refractivity contribution >= 4 is 34.9 Å². The number of anilines is 2. The Morgan fingerprint density at radius 2 is 1.04 bits per heavy atom. The van der Waals surface area contributed by atoms with E-state index in [9.17, 15) is 0 Å². The summed E-state index contributed by atoms with van der Waals surface area (Å²) >= 11 is 4.19. The summed E-state index contributed by atoms with van der Waals surface area (Å²) in [6.07, 6.45) is 4.98.